The summed E-state index contributed by atoms with van der Waals surface area (Å²) in [6.07, 6.45) is 9.59. The number of quaternary nitrogens is 1. The summed E-state index contributed by atoms with van der Waals surface area (Å²) in [5, 5.41) is 1.17. The van der Waals surface area contributed by atoms with Crippen molar-refractivity contribution < 1.29 is 21.5 Å². The second-order valence-corrected chi connectivity index (χ2v) is 6.13. The van der Waals surface area contributed by atoms with Gasteiger partial charge in [-0.15, -0.1) is 0 Å². The molecule has 0 aromatic rings. The maximum absolute atomic E-state index is 3.51. The quantitative estimate of drug-likeness (QED) is 0.273. The van der Waals surface area contributed by atoms with E-state index in [0.29, 0.717) is 0 Å². The van der Waals surface area contributed by atoms with E-state index >= 15 is 0 Å². The summed E-state index contributed by atoms with van der Waals surface area (Å²) in [5.41, 5.74) is 0. The number of unbranched alkanes of at least 4 members (excludes halogenated alkanes) is 3. The summed E-state index contributed by atoms with van der Waals surface area (Å²) in [6, 6.07) is 0. The van der Waals surface area contributed by atoms with Crippen LogP contribution in [0.4, 0.5) is 0 Å². The predicted octanol–water partition coefficient (Wildman–Crippen LogP) is 1.99. The van der Waals surface area contributed by atoms with E-state index in [9.17, 15) is 0 Å². The molecule has 0 fully saturated rings. The maximum atomic E-state index is 3.51. The van der Waals surface area contributed by atoms with E-state index in [0.717, 1.165) is 0 Å². The first kappa shape index (κ1) is 21.2. The van der Waals surface area contributed by atoms with Crippen molar-refractivity contribution in [1.29, 1.82) is 0 Å². The van der Waals surface area contributed by atoms with Crippen LogP contribution in [0.1, 0.15) is 65.7 Å². The molecule has 0 aliphatic carbocycles. The lowest BCUT2D eigenvalue weighted by molar-refractivity contribution is -0.928. The molecular formula is C15H33Br2N. The van der Waals surface area contributed by atoms with Gasteiger partial charge < -0.3 is 21.5 Å². The highest BCUT2D eigenvalue weighted by Crippen LogP contribution is 2.15. The van der Waals surface area contributed by atoms with Crippen LogP contribution in [-0.4, -0.2) is 36.0 Å². The van der Waals surface area contributed by atoms with E-state index in [2.05, 4.69) is 36.7 Å². The zero-order valence-electron chi connectivity index (χ0n) is 12.7. The number of rotatable bonds is 12. The van der Waals surface area contributed by atoms with Gasteiger partial charge >= 0.3 is 0 Å². The van der Waals surface area contributed by atoms with Gasteiger partial charge in [-0.2, -0.15) is 0 Å². The number of hydrogen-bond acceptors (Lipinski definition) is 0. The van der Waals surface area contributed by atoms with Crippen molar-refractivity contribution in [3.8, 4) is 0 Å². The van der Waals surface area contributed by atoms with Gasteiger partial charge in [0, 0.05) is 5.33 Å². The summed E-state index contributed by atoms with van der Waals surface area (Å²) in [5.74, 6) is 0. The van der Waals surface area contributed by atoms with Gasteiger partial charge in [0.25, 0.3) is 0 Å². The molecule has 0 amide bonds. The Morgan fingerprint density at radius 1 is 0.667 bits per heavy atom. The summed E-state index contributed by atoms with van der Waals surface area (Å²) in [6.45, 7) is 12.6. The summed E-state index contributed by atoms with van der Waals surface area (Å²) in [4.78, 5) is 0. The third kappa shape index (κ3) is 9.80. The lowest BCUT2D eigenvalue weighted by Gasteiger charge is -2.38. The largest absolute Gasteiger partial charge is 1.00 e. The molecule has 1 nitrogen and oxygen atoms in total. The first-order valence-electron chi connectivity index (χ1n) is 7.65. The minimum absolute atomic E-state index is 0. The fraction of sp³-hybridized carbons (Fsp3) is 1.00. The first-order chi connectivity index (χ1) is 8.24. The Kier molecular flexibility index (Phi) is 16.9. The van der Waals surface area contributed by atoms with Gasteiger partial charge in [0.05, 0.1) is 26.2 Å². The van der Waals surface area contributed by atoms with Crippen molar-refractivity contribution in [2.24, 2.45) is 0 Å². The molecule has 0 aliphatic heterocycles. The van der Waals surface area contributed by atoms with Crippen LogP contribution in [0.2, 0.25) is 0 Å². The molecule has 3 heteroatoms. The van der Waals surface area contributed by atoms with Crippen molar-refractivity contribution in [3.63, 3.8) is 0 Å². The Morgan fingerprint density at radius 3 is 1.50 bits per heavy atom. The van der Waals surface area contributed by atoms with Gasteiger partial charge in [-0.1, -0.05) is 43.1 Å². The standard InChI is InChI=1S/C15H33BrN.BrH/c1-4-12-17(13-5-2,14-6-3)15-10-8-7-9-11-16;/h4-15H2,1-3H3;1H/q+1;/p-1. The molecule has 0 saturated heterocycles. The number of alkyl halides is 1. The van der Waals surface area contributed by atoms with Crippen molar-refractivity contribution in [1.82, 2.24) is 0 Å². The first-order valence-corrected chi connectivity index (χ1v) is 8.77. The van der Waals surface area contributed by atoms with Crippen LogP contribution < -0.4 is 17.0 Å². The SMILES string of the molecule is CCC[N+](CCC)(CCC)CCCCCCBr.[Br-]. The topological polar surface area (TPSA) is 0 Å². The molecule has 18 heavy (non-hydrogen) atoms. The second-order valence-electron chi connectivity index (χ2n) is 5.34. The summed E-state index contributed by atoms with van der Waals surface area (Å²) in [7, 11) is 0. The average molecular weight is 387 g/mol. The van der Waals surface area contributed by atoms with Crippen molar-refractivity contribution in [2.75, 3.05) is 31.5 Å². The van der Waals surface area contributed by atoms with E-state index < -0.39 is 0 Å². The molecule has 0 aromatic carbocycles. The van der Waals surface area contributed by atoms with Crippen LogP contribution in [0.15, 0.2) is 0 Å². The van der Waals surface area contributed by atoms with Gasteiger partial charge in [-0.25, -0.2) is 0 Å². The molecule has 0 spiro atoms. The molecule has 0 N–H and O–H groups in total. The van der Waals surface area contributed by atoms with Crippen molar-refractivity contribution in [2.45, 2.75) is 65.7 Å². The predicted molar refractivity (Wildman–Crippen MR) is 82.9 cm³/mol. The molecule has 0 radical (unpaired) electrons. The minimum Gasteiger partial charge on any atom is -1.00 e. The molecule has 0 unspecified atom stereocenters. The maximum Gasteiger partial charge on any atom is 0.0786 e. The summed E-state index contributed by atoms with van der Waals surface area (Å²) >= 11 is 3.51. The second kappa shape index (κ2) is 14.3. The van der Waals surface area contributed by atoms with Crippen LogP contribution in [0.3, 0.4) is 0 Å². The number of hydrogen-bond donors (Lipinski definition) is 0. The van der Waals surface area contributed by atoms with Gasteiger partial charge in [0.15, 0.2) is 0 Å². The molecule has 0 aliphatic rings. The Hall–Kier alpha value is 0.920. The molecule has 0 saturated carbocycles. The highest BCUT2D eigenvalue weighted by Gasteiger charge is 2.23. The van der Waals surface area contributed by atoms with Gasteiger partial charge in [0.2, 0.25) is 0 Å². The van der Waals surface area contributed by atoms with Crippen molar-refractivity contribution >= 4 is 15.9 Å². The third-order valence-corrected chi connectivity index (χ3v) is 4.17. The van der Waals surface area contributed by atoms with E-state index in [4.69, 9.17) is 0 Å². The van der Waals surface area contributed by atoms with Crippen LogP contribution in [0.25, 0.3) is 0 Å². The highest BCUT2D eigenvalue weighted by atomic mass is 79.9. The molecular weight excluding hydrogens is 354 g/mol. The average Bonchev–Trinajstić information content (AvgIpc) is 2.30. The smallest absolute Gasteiger partial charge is 0.0786 e. The van der Waals surface area contributed by atoms with E-state index in [1.165, 1.54) is 80.9 Å². The zero-order valence-corrected chi connectivity index (χ0v) is 15.9. The fourth-order valence-corrected chi connectivity index (χ4v) is 3.39. The summed E-state index contributed by atoms with van der Waals surface area (Å²) < 4.78 is 1.39. The van der Waals surface area contributed by atoms with Gasteiger partial charge in [-0.3, -0.25) is 0 Å². The Bertz CT molecular complexity index is 146. The molecule has 112 valence electrons. The van der Waals surface area contributed by atoms with Gasteiger partial charge in [0.1, 0.15) is 0 Å². The normalized spacial score (nSPS) is 11.3. The molecule has 0 heterocycles. The van der Waals surface area contributed by atoms with E-state index in [-0.39, 0.29) is 17.0 Å². The third-order valence-electron chi connectivity index (χ3n) is 3.61. The number of nitrogens with zero attached hydrogens (tertiary/aromatic N) is 1. The molecule has 0 atom stereocenters. The lowest BCUT2D eigenvalue weighted by Crippen LogP contribution is -3.00. The molecule has 0 bridgehead atoms. The van der Waals surface area contributed by atoms with Crippen LogP contribution >= 0.6 is 15.9 Å². The van der Waals surface area contributed by atoms with Crippen LogP contribution in [-0.2, 0) is 0 Å². The molecule has 0 aromatic heterocycles. The Labute approximate surface area is 134 Å². The van der Waals surface area contributed by atoms with Crippen LogP contribution in [0.5, 0.6) is 0 Å². The zero-order chi connectivity index (χ0) is 13.0. The van der Waals surface area contributed by atoms with Crippen molar-refractivity contribution in [3.05, 3.63) is 0 Å². The van der Waals surface area contributed by atoms with E-state index in [1.807, 2.05) is 0 Å². The van der Waals surface area contributed by atoms with Gasteiger partial charge in [-0.05, 0) is 38.5 Å². The highest BCUT2D eigenvalue weighted by molar-refractivity contribution is 9.09. The molecule has 0 rings (SSSR count). The van der Waals surface area contributed by atoms with Crippen LogP contribution in [0, 0.1) is 0 Å². The van der Waals surface area contributed by atoms with E-state index in [1.54, 1.807) is 0 Å². The minimum atomic E-state index is 0. The number of halogens is 2. The monoisotopic (exact) mass is 385 g/mol. The lowest BCUT2D eigenvalue weighted by atomic mass is 10.1. The Balaban J connectivity index is 0. The fourth-order valence-electron chi connectivity index (χ4n) is 2.99. The Morgan fingerprint density at radius 2 is 1.11 bits per heavy atom.